The highest BCUT2D eigenvalue weighted by atomic mass is 16.2. The van der Waals surface area contributed by atoms with E-state index in [0.29, 0.717) is 18.4 Å². The molecule has 0 spiro atoms. The van der Waals surface area contributed by atoms with Crippen LogP contribution in [0.3, 0.4) is 0 Å². The molecule has 0 bridgehead atoms. The van der Waals surface area contributed by atoms with Gasteiger partial charge in [0.05, 0.1) is 0 Å². The number of likely N-dealkylation sites (tertiary alicyclic amines) is 1. The number of piperidine rings is 1. The minimum atomic E-state index is 0.0921. The molecule has 1 aliphatic heterocycles. The number of urea groups is 1. The van der Waals surface area contributed by atoms with Crippen molar-refractivity contribution in [2.24, 2.45) is 5.92 Å². The van der Waals surface area contributed by atoms with Gasteiger partial charge < -0.3 is 20.4 Å². The molecule has 0 atom stereocenters. The van der Waals surface area contributed by atoms with E-state index in [9.17, 15) is 9.59 Å². The number of rotatable bonds is 9. The van der Waals surface area contributed by atoms with Gasteiger partial charge >= 0.3 is 6.03 Å². The second kappa shape index (κ2) is 12.7. The quantitative estimate of drug-likeness (QED) is 0.589. The van der Waals surface area contributed by atoms with Crippen LogP contribution in [0.1, 0.15) is 63.4 Å². The van der Waals surface area contributed by atoms with Crippen molar-refractivity contribution in [2.45, 2.75) is 70.4 Å². The predicted molar refractivity (Wildman–Crippen MR) is 125 cm³/mol. The lowest BCUT2D eigenvalue weighted by atomic mass is 9.93. The SMILES string of the molecule is CN(CCCNC(=O)CC1CCN(C(=O)NC2CCCCC2)CC1)Cc1ccccc1. The van der Waals surface area contributed by atoms with Crippen LogP contribution in [0.25, 0.3) is 0 Å². The Morgan fingerprint density at radius 3 is 2.45 bits per heavy atom. The predicted octanol–water partition coefficient (Wildman–Crippen LogP) is 3.77. The Morgan fingerprint density at radius 1 is 1.03 bits per heavy atom. The Labute approximate surface area is 187 Å². The van der Waals surface area contributed by atoms with E-state index in [2.05, 4.69) is 46.8 Å². The smallest absolute Gasteiger partial charge is 0.317 e. The molecule has 0 unspecified atom stereocenters. The molecular formula is C25H40N4O2. The van der Waals surface area contributed by atoms with Crippen molar-refractivity contribution in [3.05, 3.63) is 35.9 Å². The average Bonchev–Trinajstić information content (AvgIpc) is 2.78. The lowest BCUT2D eigenvalue weighted by Crippen LogP contribution is -2.48. The number of nitrogens with zero attached hydrogens (tertiary/aromatic N) is 2. The normalized spacial score (nSPS) is 18.2. The third-order valence-electron chi connectivity index (χ3n) is 6.64. The molecular weight excluding hydrogens is 388 g/mol. The zero-order valence-corrected chi connectivity index (χ0v) is 19.2. The molecule has 6 nitrogen and oxygen atoms in total. The largest absolute Gasteiger partial charge is 0.356 e. The van der Waals surface area contributed by atoms with Crippen molar-refractivity contribution >= 4 is 11.9 Å². The fraction of sp³-hybridized carbons (Fsp3) is 0.680. The average molecular weight is 429 g/mol. The summed E-state index contributed by atoms with van der Waals surface area (Å²) in [5.41, 5.74) is 1.31. The highest BCUT2D eigenvalue weighted by Gasteiger charge is 2.26. The van der Waals surface area contributed by atoms with Crippen LogP contribution in [0, 0.1) is 5.92 Å². The molecule has 3 rings (SSSR count). The standard InChI is InChI=1S/C25H40N4O2/c1-28(20-22-9-4-2-5-10-22)16-8-15-26-24(30)19-21-13-17-29(18-14-21)25(31)27-23-11-6-3-7-12-23/h2,4-5,9-10,21,23H,3,6-8,11-20H2,1H3,(H,26,30)(H,27,31). The molecule has 31 heavy (non-hydrogen) atoms. The first-order valence-electron chi connectivity index (χ1n) is 12.1. The number of hydrogen-bond acceptors (Lipinski definition) is 3. The van der Waals surface area contributed by atoms with Gasteiger partial charge in [0.1, 0.15) is 0 Å². The Hall–Kier alpha value is -2.08. The van der Waals surface area contributed by atoms with Gasteiger partial charge in [0.25, 0.3) is 0 Å². The summed E-state index contributed by atoms with van der Waals surface area (Å²) in [6, 6.07) is 10.9. The van der Waals surface area contributed by atoms with E-state index < -0.39 is 0 Å². The van der Waals surface area contributed by atoms with Crippen LogP contribution in [0.4, 0.5) is 4.79 Å². The van der Waals surface area contributed by atoms with Gasteiger partial charge in [-0.25, -0.2) is 4.79 Å². The Kier molecular flexibility index (Phi) is 9.66. The van der Waals surface area contributed by atoms with Crippen LogP contribution in [-0.4, -0.2) is 61.0 Å². The number of amides is 3. The molecule has 1 saturated carbocycles. The number of nitrogens with one attached hydrogen (secondary N) is 2. The monoisotopic (exact) mass is 428 g/mol. The fourth-order valence-electron chi connectivity index (χ4n) is 4.74. The molecule has 2 aliphatic rings. The van der Waals surface area contributed by atoms with Crippen molar-refractivity contribution in [2.75, 3.05) is 33.2 Å². The Balaban J connectivity index is 1.24. The van der Waals surface area contributed by atoms with E-state index in [1.807, 2.05) is 11.0 Å². The van der Waals surface area contributed by atoms with Gasteiger partial charge in [-0.2, -0.15) is 0 Å². The Morgan fingerprint density at radius 2 is 1.74 bits per heavy atom. The van der Waals surface area contributed by atoms with Crippen molar-refractivity contribution < 1.29 is 9.59 Å². The maximum atomic E-state index is 12.5. The van der Waals surface area contributed by atoms with Gasteiger partial charge in [-0.05, 0) is 57.2 Å². The molecule has 172 valence electrons. The lowest BCUT2D eigenvalue weighted by molar-refractivity contribution is -0.122. The zero-order valence-electron chi connectivity index (χ0n) is 19.2. The third kappa shape index (κ3) is 8.52. The van der Waals surface area contributed by atoms with Crippen LogP contribution in [0.15, 0.2) is 30.3 Å². The first-order valence-corrected chi connectivity index (χ1v) is 12.1. The first-order chi connectivity index (χ1) is 15.1. The summed E-state index contributed by atoms with van der Waals surface area (Å²) in [7, 11) is 2.12. The fourth-order valence-corrected chi connectivity index (χ4v) is 4.74. The molecule has 1 aromatic carbocycles. The molecule has 1 aliphatic carbocycles. The topological polar surface area (TPSA) is 64.7 Å². The van der Waals surface area contributed by atoms with E-state index in [1.165, 1.54) is 24.8 Å². The zero-order chi connectivity index (χ0) is 21.9. The van der Waals surface area contributed by atoms with Gasteiger partial charge in [0, 0.05) is 38.6 Å². The molecule has 1 heterocycles. The highest BCUT2D eigenvalue weighted by molar-refractivity contribution is 5.76. The van der Waals surface area contributed by atoms with Crippen LogP contribution >= 0.6 is 0 Å². The van der Waals surface area contributed by atoms with Gasteiger partial charge in [-0.1, -0.05) is 49.6 Å². The van der Waals surface area contributed by atoms with E-state index in [1.54, 1.807) is 0 Å². The van der Waals surface area contributed by atoms with Gasteiger partial charge in [-0.15, -0.1) is 0 Å². The summed E-state index contributed by atoms with van der Waals surface area (Å²) < 4.78 is 0. The number of hydrogen-bond donors (Lipinski definition) is 2. The summed E-state index contributed by atoms with van der Waals surface area (Å²) in [5.74, 6) is 0.537. The van der Waals surface area contributed by atoms with Crippen LogP contribution < -0.4 is 10.6 Å². The van der Waals surface area contributed by atoms with Crippen LogP contribution in [0.2, 0.25) is 0 Å². The van der Waals surface area contributed by atoms with Gasteiger partial charge in [0.2, 0.25) is 5.91 Å². The molecule has 1 aromatic rings. The summed E-state index contributed by atoms with van der Waals surface area (Å²) in [6.07, 6.45) is 9.36. The second-order valence-electron chi connectivity index (χ2n) is 9.35. The van der Waals surface area contributed by atoms with Crippen molar-refractivity contribution in [3.63, 3.8) is 0 Å². The maximum absolute atomic E-state index is 12.5. The minimum absolute atomic E-state index is 0.0921. The van der Waals surface area contributed by atoms with Crippen molar-refractivity contribution in [3.8, 4) is 0 Å². The minimum Gasteiger partial charge on any atom is -0.356 e. The number of carbonyl (C=O) groups excluding carboxylic acids is 2. The molecule has 2 fully saturated rings. The summed E-state index contributed by atoms with van der Waals surface area (Å²) in [4.78, 5) is 29.0. The lowest BCUT2D eigenvalue weighted by Gasteiger charge is -2.33. The molecule has 0 aromatic heterocycles. The molecule has 3 amide bonds. The number of carbonyl (C=O) groups is 2. The third-order valence-corrected chi connectivity index (χ3v) is 6.64. The van der Waals surface area contributed by atoms with Crippen molar-refractivity contribution in [1.29, 1.82) is 0 Å². The van der Waals surface area contributed by atoms with Gasteiger partial charge in [0.15, 0.2) is 0 Å². The van der Waals surface area contributed by atoms with E-state index in [-0.39, 0.29) is 11.9 Å². The second-order valence-corrected chi connectivity index (χ2v) is 9.35. The van der Waals surface area contributed by atoms with Crippen LogP contribution in [0.5, 0.6) is 0 Å². The molecule has 1 saturated heterocycles. The van der Waals surface area contributed by atoms with E-state index in [0.717, 1.165) is 64.8 Å². The Bertz CT molecular complexity index is 667. The van der Waals surface area contributed by atoms with Crippen molar-refractivity contribution in [1.82, 2.24) is 20.4 Å². The number of benzene rings is 1. The molecule has 0 radical (unpaired) electrons. The molecule has 2 N–H and O–H groups in total. The van der Waals surface area contributed by atoms with Crippen LogP contribution in [-0.2, 0) is 11.3 Å². The summed E-state index contributed by atoms with van der Waals surface area (Å²) in [6.45, 7) is 4.15. The summed E-state index contributed by atoms with van der Waals surface area (Å²) in [5, 5.41) is 6.29. The van der Waals surface area contributed by atoms with E-state index in [4.69, 9.17) is 0 Å². The maximum Gasteiger partial charge on any atom is 0.317 e. The summed E-state index contributed by atoms with van der Waals surface area (Å²) >= 11 is 0. The van der Waals surface area contributed by atoms with Gasteiger partial charge in [-0.3, -0.25) is 4.79 Å². The highest BCUT2D eigenvalue weighted by Crippen LogP contribution is 2.22. The van der Waals surface area contributed by atoms with E-state index >= 15 is 0 Å². The first kappa shape index (κ1) is 23.6. The molecule has 6 heteroatoms.